The van der Waals surface area contributed by atoms with Crippen LogP contribution in [0.3, 0.4) is 0 Å². The molecular formula is C11H15FN2O3. The van der Waals surface area contributed by atoms with Gasteiger partial charge in [-0.25, -0.2) is 14.2 Å². The molecule has 1 N–H and O–H groups in total. The third-order valence-electron chi connectivity index (χ3n) is 2.20. The van der Waals surface area contributed by atoms with Gasteiger partial charge in [0.1, 0.15) is 17.2 Å². The van der Waals surface area contributed by atoms with E-state index >= 15 is 0 Å². The Bertz CT molecular complexity index is 398. The van der Waals surface area contributed by atoms with Crippen molar-refractivity contribution >= 4 is 11.8 Å². The molecule has 0 saturated carbocycles. The maximum Gasteiger partial charge on any atom is 0.339 e. The zero-order valence-electron chi connectivity index (χ0n) is 9.81. The molecule has 94 valence electrons. The third kappa shape index (κ3) is 3.67. The minimum Gasteiger partial charge on any atom is -0.478 e. The largest absolute Gasteiger partial charge is 0.478 e. The SMILES string of the molecule is CCOCCN(C)c1ncc(F)cc1C(=O)O. The highest BCUT2D eigenvalue weighted by Crippen LogP contribution is 2.17. The first-order valence-electron chi connectivity index (χ1n) is 5.24. The van der Waals surface area contributed by atoms with E-state index in [0.29, 0.717) is 19.8 Å². The molecule has 0 aromatic carbocycles. The Morgan fingerprint density at radius 3 is 2.94 bits per heavy atom. The second-order valence-corrected chi connectivity index (χ2v) is 3.45. The number of anilines is 1. The van der Waals surface area contributed by atoms with Crippen LogP contribution in [0.5, 0.6) is 0 Å². The van der Waals surface area contributed by atoms with E-state index < -0.39 is 11.8 Å². The first-order valence-corrected chi connectivity index (χ1v) is 5.24. The average molecular weight is 242 g/mol. The summed E-state index contributed by atoms with van der Waals surface area (Å²) in [4.78, 5) is 16.4. The maximum atomic E-state index is 12.9. The van der Waals surface area contributed by atoms with Crippen LogP contribution in [0, 0.1) is 5.82 Å². The molecule has 0 spiro atoms. The Labute approximate surface area is 98.8 Å². The minimum absolute atomic E-state index is 0.149. The van der Waals surface area contributed by atoms with Gasteiger partial charge in [-0.3, -0.25) is 0 Å². The van der Waals surface area contributed by atoms with Gasteiger partial charge in [0.15, 0.2) is 0 Å². The molecule has 0 aliphatic rings. The maximum absolute atomic E-state index is 12.9. The van der Waals surface area contributed by atoms with Crippen molar-refractivity contribution < 1.29 is 19.0 Å². The van der Waals surface area contributed by atoms with Crippen molar-refractivity contribution in [3.63, 3.8) is 0 Å². The molecule has 1 aromatic heterocycles. The van der Waals surface area contributed by atoms with E-state index in [1.165, 1.54) is 0 Å². The lowest BCUT2D eigenvalue weighted by Crippen LogP contribution is -2.25. The summed E-state index contributed by atoms with van der Waals surface area (Å²) in [5.41, 5.74) is -0.149. The summed E-state index contributed by atoms with van der Waals surface area (Å²) in [6, 6.07) is 0.960. The van der Waals surface area contributed by atoms with Crippen LogP contribution < -0.4 is 4.90 Å². The van der Waals surface area contributed by atoms with Crippen LogP contribution >= 0.6 is 0 Å². The summed E-state index contributed by atoms with van der Waals surface area (Å²) in [6.45, 7) is 3.42. The molecule has 0 amide bonds. The summed E-state index contributed by atoms with van der Waals surface area (Å²) in [5.74, 6) is -1.63. The molecule has 0 unspecified atom stereocenters. The zero-order valence-corrected chi connectivity index (χ0v) is 9.81. The fourth-order valence-corrected chi connectivity index (χ4v) is 1.35. The quantitative estimate of drug-likeness (QED) is 0.764. The van der Waals surface area contributed by atoms with Crippen LogP contribution in [0.15, 0.2) is 12.3 Å². The number of likely N-dealkylation sites (N-methyl/N-ethyl adjacent to an activating group) is 1. The summed E-state index contributed by atoms with van der Waals surface area (Å²) >= 11 is 0. The lowest BCUT2D eigenvalue weighted by molar-refractivity contribution is 0.0696. The van der Waals surface area contributed by atoms with E-state index in [0.717, 1.165) is 12.3 Å². The van der Waals surface area contributed by atoms with Crippen molar-refractivity contribution in [3.05, 3.63) is 23.6 Å². The van der Waals surface area contributed by atoms with Crippen LogP contribution in [-0.2, 0) is 4.74 Å². The van der Waals surface area contributed by atoms with Crippen molar-refractivity contribution in [3.8, 4) is 0 Å². The summed E-state index contributed by atoms with van der Waals surface area (Å²) in [5, 5.41) is 8.95. The Morgan fingerprint density at radius 2 is 2.35 bits per heavy atom. The molecule has 5 nitrogen and oxygen atoms in total. The van der Waals surface area contributed by atoms with Gasteiger partial charge in [0, 0.05) is 20.2 Å². The van der Waals surface area contributed by atoms with Crippen LogP contribution in [0.4, 0.5) is 10.2 Å². The first-order chi connectivity index (χ1) is 8.06. The molecule has 0 radical (unpaired) electrons. The highest BCUT2D eigenvalue weighted by atomic mass is 19.1. The second kappa shape index (κ2) is 6.15. The molecule has 0 bridgehead atoms. The number of pyridine rings is 1. The van der Waals surface area contributed by atoms with Gasteiger partial charge in [-0.1, -0.05) is 0 Å². The smallest absolute Gasteiger partial charge is 0.339 e. The van der Waals surface area contributed by atoms with Crippen LogP contribution in [0.1, 0.15) is 17.3 Å². The normalized spacial score (nSPS) is 10.3. The lowest BCUT2D eigenvalue weighted by atomic mass is 10.2. The van der Waals surface area contributed by atoms with E-state index in [9.17, 15) is 9.18 Å². The number of nitrogens with zero attached hydrogens (tertiary/aromatic N) is 2. The number of rotatable bonds is 6. The Kier molecular flexibility index (Phi) is 4.84. The van der Waals surface area contributed by atoms with Gasteiger partial charge in [-0.05, 0) is 13.0 Å². The highest BCUT2D eigenvalue weighted by molar-refractivity contribution is 5.93. The summed E-state index contributed by atoms with van der Waals surface area (Å²) in [7, 11) is 1.69. The number of carbonyl (C=O) groups is 1. The number of aromatic carboxylic acids is 1. The molecule has 1 rings (SSSR count). The number of hydrogen-bond donors (Lipinski definition) is 1. The Morgan fingerprint density at radius 1 is 1.65 bits per heavy atom. The minimum atomic E-state index is -1.20. The number of aromatic nitrogens is 1. The topological polar surface area (TPSA) is 62.7 Å². The average Bonchev–Trinajstić information content (AvgIpc) is 2.29. The molecule has 0 aliphatic heterocycles. The standard InChI is InChI=1S/C11H15FN2O3/c1-3-17-5-4-14(2)10-9(11(15)16)6-8(12)7-13-10/h6-7H,3-5H2,1-2H3,(H,15,16). The van der Waals surface area contributed by atoms with Gasteiger partial charge in [0.2, 0.25) is 0 Å². The van der Waals surface area contributed by atoms with Crippen molar-refractivity contribution in [2.75, 3.05) is 31.7 Å². The van der Waals surface area contributed by atoms with Gasteiger partial charge in [-0.15, -0.1) is 0 Å². The number of carboxylic acids is 1. The van der Waals surface area contributed by atoms with Gasteiger partial charge in [0.25, 0.3) is 0 Å². The van der Waals surface area contributed by atoms with Crippen LogP contribution in [0.2, 0.25) is 0 Å². The van der Waals surface area contributed by atoms with E-state index in [1.807, 2.05) is 6.92 Å². The second-order valence-electron chi connectivity index (χ2n) is 3.45. The first kappa shape index (κ1) is 13.4. The third-order valence-corrected chi connectivity index (χ3v) is 2.20. The molecule has 1 heterocycles. The van der Waals surface area contributed by atoms with E-state index in [2.05, 4.69) is 4.98 Å². The molecule has 6 heteroatoms. The Balaban J connectivity index is 2.84. The molecule has 17 heavy (non-hydrogen) atoms. The lowest BCUT2D eigenvalue weighted by Gasteiger charge is -2.19. The number of ether oxygens (including phenoxy) is 1. The van der Waals surface area contributed by atoms with Crippen molar-refractivity contribution in [1.82, 2.24) is 4.98 Å². The van der Waals surface area contributed by atoms with Crippen molar-refractivity contribution in [2.45, 2.75) is 6.92 Å². The van der Waals surface area contributed by atoms with Crippen molar-refractivity contribution in [2.24, 2.45) is 0 Å². The Hall–Kier alpha value is -1.69. The predicted octanol–water partition coefficient (Wildman–Crippen LogP) is 1.39. The molecule has 0 aliphatic carbocycles. The van der Waals surface area contributed by atoms with Gasteiger partial charge in [-0.2, -0.15) is 0 Å². The van der Waals surface area contributed by atoms with Gasteiger partial charge < -0.3 is 14.7 Å². The number of halogens is 1. The van der Waals surface area contributed by atoms with Crippen LogP contribution in [-0.4, -0.2) is 42.9 Å². The summed E-state index contributed by atoms with van der Waals surface area (Å²) in [6.07, 6.45) is 0.999. The highest BCUT2D eigenvalue weighted by Gasteiger charge is 2.15. The zero-order chi connectivity index (χ0) is 12.8. The monoisotopic (exact) mass is 242 g/mol. The number of carboxylic acid groups (broad SMARTS) is 1. The molecular weight excluding hydrogens is 227 g/mol. The fraction of sp³-hybridized carbons (Fsp3) is 0.455. The van der Waals surface area contributed by atoms with E-state index in [4.69, 9.17) is 9.84 Å². The van der Waals surface area contributed by atoms with E-state index in [1.54, 1.807) is 11.9 Å². The van der Waals surface area contributed by atoms with Gasteiger partial charge in [0.05, 0.1) is 12.8 Å². The van der Waals surface area contributed by atoms with Crippen molar-refractivity contribution in [1.29, 1.82) is 0 Å². The summed E-state index contributed by atoms with van der Waals surface area (Å²) < 4.78 is 18.1. The molecule has 0 fully saturated rings. The molecule has 1 aromatic rings. The predicted molar refractivity (Wildman–Crippen MR) is 60.9 cm³/mol. The number of hydrogen-bond acceptors (Lipinski definition) is 4. The molecule has 0 atom stereocenters. The van der Waals surface area contributed by atoms with Crippen LogP contribution in [0.25, 0.3) is 0 Å². The van der Waals surface area contributed by atoms with Gasteiger partial charge >= 0.3 is 5.97 Å². The van der Waals surface area contributed by atoms with E-state index in [-0.39, 0.29) is 11.4 Å². The fourth-order valence-electron chi connectivity index (χ4n) is 1.35. The molecule has 0 saturated heterocycles.